The molecular weight excluding hydrogens is 202 g/mol. The molecule has 0 N–H and O–H groups in total. The first kappa shape index (κ1) is 9.09. The van der Waals surface area contributed by atoms with Gasteiger partial charge >= 0.3 is 0 Å². The maximum absolute atomic E-state index is 11.2. The third-order valence-corrected chi connectivity index (χ3v) is 2.09. The molecule has 0 aliphatic carbocycles. The van der Waals surface area contributed by atoms with Crippen molar-refractivity contribution in [3.63, 3.8) is 0 Å². The van der Waals surface area contributed by atoms with Crippen molar-refractivity contribution in [3.05, 3.63) is 46.8 Å². The first-order valence-corrected chi connectivity index (χ1v) is 4.67. The molecule has 0 spiro atoms. The Balaban J connectivity index is 2.48. The predicted molar refractivity (Wildman–Crippen MR) is 54.3 cm³/mol. The molecule has 1 aromatic carbocycles. The van der Waals surface area contributed by atoms with Gasteiger partial charge in [0.2, 0.25) is 0 Å². The van der Waals surface area contributed by atoms with Gasteiger partial charge in [0, 0.05) is 5.56 Å². The minimum absolute atomic E-state index is 0.0334. The van der Waals surface area contributed by atoms with E-state index in [1.54, 1.807) is 0 Å². The minimum atomic E-state index is -0.223. The molecule has 2 aromatic rings. The molecule has 4 heteroatoms. The Bertz CT molecular complexity index is 472. The van der Waals surface area contributed by atoms with Crippen LogP contribution in [0, 0.1) is 0 Å². The Morgan fingerprint density at radius 2 is 2.00 bits per heavy atom. The fourth-order valence-corrected chi connectivity index (χ4v) is 1.36. The van der Waals surface area contributed by atoms with Gasteiger partial charge in [0.1, 0.15) is 6.00 Å². The van der Waals surface area contributed by atoms with Crippen molar-refractivity contribution in [2.45, 2.75) is 6.00 Å². The van der Waals surface area contributed by atoms with Gasteiger partial charge in [-0.2, -0.15) is 4.74 Å². The molecule has 0 aliphatic rings. The monoisotopic (exact) mass is 209 g/mol. The normalized spacial score (nSPS) is 10.4. The molecule has 0 radical (unpaired) electrons. The van der Waals surface area contributed by atoms with E-state index in [9.17, 15) is 4.79 Å². The van der Waals surface area contributed by atoms with Crippen molar-refractivity contribution in [3.8, 4) is 11.3 Å². The fourth-order valence-electron chi connectivity index (χ4n) is 1.20. The zero-order chi connectivity index (χ0) is 9.97. The van der Waals surface area contributed by atoms with Crippen molar-refractivity contribution in [1.82, 2.24) is 4.74 Å². The summed E-state index contributed by atoms with van der Waals surface area (Å²) < 4.78 is 6.32. The maximum atomic E-state index is 11.2. The highest BCUT2D eigenvalue weighted by atomic mass is 35.5. The van der Waals surface area contributed by atoms with Crippen LogP contribution in [0.4, 0.5) is 0 Å². The molecule has 0 unspecified atom stereocenters. The van der Waals surface area contributed by atoms with Gasteiger partial charge in [0.25, 0.3) is 5.56 Å². The van der Waals surface area contributed by atoms with Crippen LogP contribution >= 0.6 is 11.6 Å². The van der Waals surface area contributed by atoms with Crippen LogP contribution in [-0.4, -0.2) is 4.74 Å². The second kappa shape index (κ2) is 3.72. The molecule has 0 amide bonds. The first-order chi connectivity index (χ1) is 6.81. The highest BCUT2D eigenvalue weighted by Crippen LogP contribution is 2.16. The SMILES string of the molecule is O=c1cc(-c2ccccc2)on1CCl. The Labute approximate surface area is 85.5 Å². The van der Waals surface area contributed by atoms with Crippen LogP contribution < -0.4 is 5.56 Å². The average Bonchev–Trinajstić information content (AvgIpc) is 2.61. The van der Waals surface area contributed by atoms with Crippen LogP contribution in [0.5, 0.6) is 0 Å². The Kier molecular flexibility index (Phi) is 2.41. The molecule has 0 bridgehead atoms. The molecule has 0 atom stereocenters. The quantitative estimate of drug-likeness (QED) is 0.712. The van der Waals surface area contributed by atoms with Crippen LogP contribution in [0.15, 0.2) is 45.7 Å². The van der Waals surface area contributed by atoms with E-state index in [1.807, 2.05) is 30.3 Å². The van der Waals surface area contributed by atoms with E-state index in [0.29, 0.717) is 5.76 Å². The van der Waals surface area contributed by atoms with Crippen molar-refractivity contribution >= 4 is 11.6 Å². The lowest BCUT2D eigenvalue weighted by atomic mass is 10.2. The second-order valence-electron chi connectivity index (χ2n) is 2.80. The van der Waals surface area contributed by atoms with Gasteiger partial charge in [0.05, 0.1) is 6.07 Å². The summed E-state index contributed by atoms with van der Waals surface area (Å²) in [5, 5.41) is 0. The zero-order valence-electron chi connectivity index (χ0n) is 7.31. The molecule has 0 saturated heterocycles. The summed E-state index contributed by atoms with van der Waals surface area (Å²) in [6, 6.07) is 10.9. The van der Waals surface area contributed by atoms with Gasteiger partial charge in [-0.25, -0.2) is 0 Å². The minimum Gasteiger partial charge on any atom is -0.375 e. The van der Waals surface area contributed by atoms with E-state index in [-0.39, 0.29) is 11.6 Å². The van der Waals surface area contributed by atoms with Crippen molar-refractivity contribution in [2.75, 3.05) is 0 Å². The lowest BCUT2D eigenvalue weighted by Gasteiger charge is -1.94. The Morgan fingerprint density at radius 1 is 1.29 bits per heavy atom. The predicted octanol–water partition coefficient (Wildman–Crippen LogP) is 2.30. The van der Waals surface area contributed by atoms with Gasteiger partial charge in [-0.05, 0) is 0 Å². The van der Waals surface area contributed by atoms with E-state index in [1.165, 1.54) is 6.07 Å². The van der Waals surface area contributed by atoms with Crippen LogP contribution in [0.25, 0.3) is 11.3 Å². The molecule has 0 saturated carbocycles. The topological polar surface area (TPSA) is 35.1 Å². The maximum Gasteiger partial charge on any atom is 0.284 e. The van der Waals surface area contributed by atoms with Gasteiger partial charge in [-0.3, -0.25) is 4.79 Å². The highest BCUT2D eigenvalue weighted by Gasteiger charge is 2.06. The second-order valence-corrected chi connectivity index (χ2v) is 3.04. The Morgan fingerprint density at radius 3 is 2.57 bits per heavy atom. The summed E-state index contributed by atoms with van der Waals surface area (Å²) in [4.78, 5) is 11.2. The van der Waals surface area contributed by atoms with E-state index >= 15 is 0 Å². The summed E-state index contributed by atoms with van der Waals surface area (Å²) >= 11 is 5.50. The Hall–Kier alpha value is -1.48. The molecule has 0 fully saturated rings. The summed E-state index contributed by atoms with van der Waals surface area (Å²) in [6.45, 7) is 0. The number of aromatic nitrogens is 1. The lowest BCUT2D eigenvalue weighted by Crippen LogP contribution is -2.09. The van der Waals surface area contributed by atoms with Crippen molar-refractivity contribution in [2.24, 2.45) is 0 Å². The number of benzene rings is 1. The molecule has 3 nitrogen and oxygen atoms in total. The number of hydrogen-bond acceptors (Lipinski definition) is 2. The molecule has 72 valence electrons. The number of alkyl halides is 1. The summed E-state index contributed by atoms with van der Waals surface area (Å²) in [7, 11) is 0. The van der Waals surface area contributed by atoms with E-state index in [0.717, 1.165) is 10.3 Å². The zero-order valence-corrected chi connectivity index (χ0v) is 8.07. The summed E-state index contributed by atoms with van der Waals surface area (Å²) in [5.74, 6) is 0.538. The van der Waals surface area contributed by atoms with Crippen LogP contribution in [0.3, 0.4) is 0 Å². The molecule has 2 rings (SSSR count). The number of hydrogen-bond donors (Lipinski definition) is 0. The summed E-state index contributed by atoms with van der Waals surface area (Å²) in [6.07, 6.45) is 0. The average molecular weight is 210 g/mol. The number of halogens is 1. The number of rotatable bonds is 2. The molecule has 0 aliphatic heterocycles. The van der Waals surface area contributed by atoms with Gasteiger partial charge in [-0.1, -0.05) is 41.9 Å². The van der Waals surface area contributed by atoms with Crippen molar-refractivity contribution in [1.29, 1.82) is 0 Å². The van der Waals surface area contributed by atoms with Gasteiger partial charge in [-0.15, -0.1) is 0 Å². The van der Waals surface area contributed by atoms with Gasteiger partial charge in [0.15, 0.2) is 5.76 Å². The van der Waals surface area contributed by atoms with Crippen LogP contribution in [0.2, 0.25) is 0 Å². The van der Waals surface area contributed by atoms with E-state index in [2.05, 4.69) is 0 Å². The largest absolute Gasteiger partial charge is 0.375 e. The smallest absolute Gasteiger partial charge is 0.284 e. The molecular formula is C10H8ClNO2. The van der Waals surface area contributed by atoms with Gasteiger partial charge < -0.3 is 4.52 Å². The third-order valence-electron chi connectivity index (χ3n) is 1.88. The summed E-state index contributed by atoms with van der Waals surface area (Å²) in [5.41, 5.74) is 0.646. The fraction of sp³-hybridized carbons (Fsp3) is 0.100. The van der Waals surface area contributed by atoms with Crippen LogP contribution in [0.1, 0.15) is 0 Å². The third kappa shape index (κ3) is 1.59. The molecule has 1 aromatic heterocycles. The standard InChI is InChI=1S/C10H8ClNO2/c11-7-12-10(13)6-9(14-12)8-4-2-1-3-5-8/h1-6H,7H2. The van der Waals surface area contributed by atoms with E-state index in [4.69, 9.17) is 16.1 Å². The van der Waals surface area contributed by atoms with Crippen molar-refractivity contribution < 1.29 is 4.52 Å². The van der Waals surface area contributed by atoms with E-state index < -0.39 is 0 Å². The molecule has 14 heavy (non-hydrogen) atoms. The lowest BCUT2D eigenvalue weighted by molar-refractivity contribution is 0.300. The first-order valence-electron chi connectivity index (χ1n) is 4.14. The highest BCUT2D eigenvalue weighted by molar-refractivity contribution is 6.15. The van der Waals surface area contributed by atoms with Crippen LogP contribution in [-0.2, 0) is 6.00 Å². The number of nitrogens with zero attached hydrogens (tertiary/aromatic N) is 1. The molecule has 1 heterocycles.